The number of rotatable bonds is 14. The van der Waals surface area contributed by atoms with E-state index < -0.39 is 78.7 Å². The van der Waals surface area contributed by atoms with Crippen LogP contribution in [0, 0.1) is 0 Å². The van der Waals surface area contributed by atoms with Gasteiger partial charge in [-0.25, -0.2) is 4.79 Å². The van der Waals surface area contributed by atoms with E-state index in [9.17, 15) is 33.9 Å². The summed E-state index contributed by atoms with van der Waals surface area (Å²) >= 11 is 0. The summed E-state index contributed by atoms with van der Waals surface area (Å²) in [5.74, 6) is -7.33. The van der Waals surface area contributed by atoms with Gasteiger partial charge >= 0.3 is 11.9 Å². The summed E-state index contributed by atoms with van der Waals surface area (Å²) in [6.45, 7) is 1.19. The van der Waals surface area contributed by atoms with Crippen molar-refractivity contribution in [2.45, 2.75) is 56.5 Å². The molecule has 0 aliphatic rings. The minimum atomic E-state index is -1.86. The summed E-state index contributed by atoms with van der Waals surface area (Å²) in [6, 6.07) is 1.01. The third kappa shape index (κ3) is 8.28. The zero-order valence-corrected chi connectivity index (χ0v) is 20.3. The minimum absolute atomic E-state index is 0.0941. The molecule has 2 aromatic rings. The van der Waals surface area contributed by atoms with E-state index in [4.69, 9.17) is 21.7 Å². The molecule has 0 bridgehead atoms. The van der Waals surface area contributed by atoms with Crippen LogP contribution in [-0.2, 0) is 35.2 Å². The lowest BCUT2D eigenvalue weighted by molar-refractivity contribution is -0.147. The summed E-state index contributed by atoms with van der Waals surface area (Å²) in [5, 5.41) is 35.3. The molecule has 0 fully saturated rings. The Balaban J connectivity index is 2.11. The molecule has 0 spiro atoms. The van der Waals surface area contributed by atoms with E-state index in [0.717, 1.165) is 16.5 Å². The molecule has 5 unspecified atom stereocenters. The van der Waals surface area contributed by atoms with E-state index in [1.807, 2.05) is 29.6 Å². The number of aliphatic carboxylic acids is 2. The Morgan fingerprint density at radius 3 is 2.13 bits per heavy atom. The number of H-pyrrole nitrogens is 1. The topological polar surface area (TPSA) is 267 Å². The summed E-state index contributed by atoms with van der Waals surface area (Å²) < 4.78 is 0. The van der Waals surface area contributed by atoms with Gasteiger partial charge in [0.05, 0.1) is 25.0 Å². The summed E-state index contributed by atoms with van der Waals surface area (Å²) in [6.07, 6.45) is -1.44. The average Bonchev–Trinajstić information content (AvgIpc) is 3.23. The van der Waals surface area contributed by atoms with E-state index >= 15 is 0 Å². The lowest BCUT2D eigenvalue weighted by Gasteiger charge is -2.26. The second-order valence-corrected chi connectivity index (χ2v) is 8.63. The van der Waals surface area contributed by atoms with Gasteiger partial charge in [-0.2, -0.15) is 0 Å². The number of carbonyl (C=O) groups excluding carboxylic acids is 4. The monoisotopic (exact) mass is 534 g/mol. The van der Waals surface area contributed by atoms with Crippen LogP contribution >= 0.6 is 0 Å². The Morgan fingerprint density at radius 2 is 1.55 bits per heavy atom. The van der Waals surface area contributed by atoms with E-state index in [2.05, 4.69) is 15.6 Å². The number of nitrogens with one attached hydrogen (secondary N) is 4. The van der Waals surface area contributed by atoms with E-state index in [1.165, 1.54) is 6.92 Å². The van der Waals surface area contributed by atoms with Crippen LogP contribution in [0.4, 0.5) is 0 Å². The molecule has 0 aliphatic heterocycles. The van der Waals surface area contributed by atoms with Gasteiger partial charge in [-0.1, -0.05) is 18.2 Å². The predicted octanol–water partition coefficient (Wildman–Crippen LogP) is -2.69. The van der Waals surface area contributed by atoms with Gasteiger partial charge in [-0.15, -0.1) is 0 Å². The van der Waals surface area contributed by atoms with Crippen molar-refractivity contribution in [2.24, 2.45) is 11.5 Å². The number of carbonyl (C=O) groups is 6. The lowest BCUT2D eigenvalue weighted by atomic mass is 10.0. The third-order valence-corrected chi connectivity index (χ3v) is 5.55. The molecular weight excluding hydrogens is 504 g/mol. The fourth-order valence-electron chi connectivity index (χ4n) is 3.61. The molecule has 1 aromatic heterocycles. The molecule has 1 aromatic carbocycles. The van der Waals surface area contributed by atoms with Gasteiger partial charge in [0.15, 0.2) is 0 Å². The molecule has 1 heterocycles. The van der Waals surface area contributed by atoms with Crippen molar-refractivity contribution in [3.05, 3.63) is 36.0 Å². The van der Waals surface area contributed by atoms with Crippen LogP contribution in [0.3, 0.4) is 0 Å². The zero-order valence-electron chi connectivity index (χ0n) is 20.3. The number of hydrogen-bond donors (Lipinski definition) is 9. The quantitative estimate of drug-likeness (QED) is 0.121. The Kier molecular flexibility index (Phi) is 10.3. The van der Waals surface area contributed by atoms with Crippen molar-refractivity contribution >= 4 is 46.5 Å². The predicted molar refractivity (Wildman–Crippen MR) is 131 cm³/mol. The first kappa shape index (κ1) is 29.7. The van der Waals surface area contributed by atoms with Crippen LogP contribution in [0.15, 0.2) is 30.5 Å². The first-order chi connectivity index (χ1) is 17.8. The normalized spacial score (nSPS) is 14.9. The number of aliphatic hydroxyl groups is 1. The highest BCUT2D eigenvalue weighted by molar-refractivity contribution is 5.97. The van der Waals surface area contributed by atoms with Crippen LogP contribution in [0.5, 0.6) is 0 Å². The lowest BCUT2D eigenvalue weighted by Crippen LogP contribution is -2.60. The summed E-state index contributed by atoms with van der Waals surface area (Å²) in [5.41, 5.74) is 12.7. The number of benzene rings is 1. The fourth-order valence-corrected chi connectivity index (χ4v) is 3.61. The van der Waals surface area contributed by atoms with Gasteiger partial charge in [0, 0.05) is 17.1 Å². The maximum absolute atomic E-state index is 12.9. The first-order valence-electron chi connectivity index (χ1n) is 11.4. The highest BCUT2D eigenvalue weighted by atomic mass is 16.4. The SMILES string of the molecule is CC(O)C(NC(=O)C(N)Cc1c[nH]c2ccccc12)C(=O)NC(CC(N)=O)C(=O)NC(CC(=O)O)C(=O)O. The number of carboxylic acid groups (broad SMARTS) is 2. The van der Waals surface area contributed by atoms with Crippen molar-refractivity contribution < 1.29 is 44.1 Å². The van der Waals surface area contributed by atoms with E-state index in [0.29, 0.717) is 0 Å². The maximum atomic E-state index is 12.9. The Hall–Kier alpha value is -4.50. The molecule has 206 valence electrons. The van der Waals surface area contributed by atoms with Crippen LogP contribution in [0.25, 0.3) is 10.9 Å². The zero-order chi connectivity index (χ0) is 28.6. The molecule has 0 aliphatic carbocycles. The molecule has 0 saturated carbocycles. The Morgan fingerprint density at radius 1 is 0.921 bits per heavy atom. The number of hydrogen-bond acceptors (Lipinski definition) is 8. The summed E-state index contributed by atoms with van der Waals surface area (Å²) in [4.78, 5) is 74.8. The molecule has 0 radical (unpaired) electrons. The van der Waals surface area contributed by atoms with Gasteiger partial charge in [0.1, 0.15) is 18.1 Å². The molecule has 15 heteroatoms. The maximum Gasteiger partial charge on any atom is 0.326 e. The van der Waals surface area contributed by atoms with Crippen LogP contribution in [-0.4, -0.2) is 86.1 Å². The molecule has 0 saturated heterocycles. The number of aliphatic hydroxyl groups excluding tert-OH is 1. The number of aromatic amines is 1. The minimum Gasteiger partial charge on any atom is -0.481 e. The smallest absolute Gasteiger partial charge is 0.326 e. The molecule has 4 amide bonds. The van der Waals surface area contributed by atoms with Gasteiger partial charge < -0.3 is 47.7 Å². The molecule has 2 rings (SSSR count). The number of amides is 4. The largest absolute Gasteiger partial charge is 0.481 e. The number of fused-ring (bicyclic) bond motifs is 1. The van der Waals surface area contributed by atoms with E-state index in [1.54, 1.807) is 6.20 Å². The second kappa shape index (κ2) is 13.2. The average molecular weight is 535 g/mol. The van der Waals surface area contributed by atoms with Crippen molar-refractivity contribution in [3.8, 4) is 0 Å². The first-order valence-corrected chi connectivity index (χ1v) is 11.4. The van der Waals surface area contributed by atoms with Gasteiger partial charge in [-0.05, 0) is 25.0 Å². The fraction of sp³-hybridized carbons (Fsp3) is 0.391. The van der Waals surface area contributed by atoms with Crippen LogP contribution < -0.4 is 27.4 Å². The van der Waals surface area contributed by atoms with Gasteiger partial charge in [-0.3, -0.25) is 24.0 Å². The molecule has 38 heavy (non-hydrogen) atoms. The highest BCUT2D eigenvalue weighted by Gasteiger charge is 2.33. The van der Waals surface area contributed by atoms with Crippen molar-refractivity contribution in [3.63, 3.8) is 0 Å². The number of primary amides is 1. The third-order valence-electron chi connectivity index (χ3n) is 5.55. The van der Waals surface area contributed by atoms with E-state index in [-0.39, 0.29) is 6.42 Å². The van der Waals surface area contributed by atoms with Gasteiger partial charge in [0.2, 0.25) is 23.6 Å². The summed E-state index contributed by atoms with van der Waals surface area (Å²) in [7, 11) is 0. The van der Waals surface area contributed by atoms with Crippen molar-refractivity contribution in [1.29, 1.82) is 0 Å². The molecule has 15 nitrogen and oxygen atoms in total. The van der Waals surface area contributed by atoms with Crippen LogP contribution in [0.1, 0.15) is 25.3 Å². The van der Waals surface area contributed by atoms with Crippen LogP contribution in [0.2, 0.25) is 0 Å². The van der Waals surface area contributed by atoms with Crippen molar-refractivity contribution in [1.82, 2.24) is 20.9 Å². The standard InChI is InChI=1S/C23H30N6O9/c1-10(30)19(29-20(34)13(24)6-11-9-26-14-5-3-2-4-12(11)14)22(36)27-15(7-17(25)31)21(35)28-16(23(37)38)8-18(32)33/h2-5,9-10,13,15-16,19,26,30H,6-8,24H2,1H3,(H2,25,31)(H,27,36)(H,28,35)(H,29,34)(H,32,33)(H,37,38). The number of carboxylic acids is 2. The van der Waals surface area contributed by atoms with Gasteiger partial charge in [0.25, 0.3) is 0 Å². The molecule has 5 atom stereocenters. The molecule has 11 N–H and O–H groups in total. The highest BCUT2D eigenvalue weighted by Crippen LogP contribution is 2.18. The number of nitrogens with two attached hydrogens (primary N) is 2. The Labute approximate surface area is 215 Å². The van der Waals surface area contributed by atoms with Crippen molar-refractivity contribution in [2.75, 3.05) is 0 Å². The number of para-hydroxylation sites is 1. The number of aromatic nitrogens is 1. The molecular formula is C23H30N6O9. The Bertz CT molecular complexity index is 1210. The second-order valence-electron chi connectivity index (χ2n) is 8.63.